The molecule has 0 aliphatic carbocycles. The number of H-pyrrole nitrogens is 1. The summed E-state index contributed by atoms with van der Waals surface area (Å²) >= 11 is 0. The highest BCUT2D eigenvalue weighted by molar-refractivity contribution is 6.06. The van der Waals surface area contributed by atoms with E-state index in [4.69, 9.17) is 0 Å². The van der Waals surface area contributed by atoms with Gasteiger partial charge in [-0.1, -0.05) is 12.1 Å². The Morgan fingerprint density at radius 3 is 2.85 bits per heavy atom. The fourth-order valence-electron chi connectivity index (χ4n) is 1.53. The SMILES string of the molecule is CC(=O)c1c[nH]c2cc(C)ccc12. The van der Waals surface area contributed by atoms with Crippen LogP contribution in [0.1, 0.15) is 22.8 Å². The Bertz CT molecular complexity index is 468. The molecule has 1 N–H and O–H groups in total. The highest BCUT2D eigenvalue weighted by Crippen LogP contribution is 2.19. The standard InChI is InChI=1S/C11H11NO/c1-7-3-4-9-10(8(2)13)6-12-11(9)5-7/h3-6,12H,1-2H3. The molecule has 0 amide bonds. The molecule has 0 aliphatic heterocycles. The average molecular weight is 173 g/mol. The summed E-state index contributed by atoms with van der Waals surface area (Å²) in [6.07, 6.45) is 1.77. The zero-order chi connectivity index (χ0) is 9.42. The first-order chi connectivity index (χ1) is 6.18. The minimum atomic E-state index is 0.107. The first-order valence-electron chi connectivity index (χ1n) is 4.27. The van der Waals surface area contributed by atoms with Gasteiger partial charge in [-0.25, -0.2) is 0 Å². The highest BCUT2D eigenvalue weighted by atomic mass is 16.1. The summed E-state index contributed by atoms with van der Waals surface area (Å²) in [6.45, 7) is 3.62. The average Bonchev–Trinajstić information content (AvgIpc) is 2.46. The van der Waals surface area contributed by atoms with Crippen molar-refractivity contribution in [3.8, 4) is 0 Å². The van der Waals surface area contributed by atoms with Gasteiger partial charge in [0.15, 0.2) is 5.78 Å². The Hall–Kier alpha value is -1.57. The van der Waals surface area contributed by atoms with Gasteiger partial charge in [-0.3, -0.25) is 4.79 Å². The van der Waals surface area contributed by atoms with Gasteiger partial charge in [0.2, 0.25) is 0 Å². The number of hydrogen-bond acceptors (Lipinski definition) is 1. The third-order valence-corrected chi connectivity index (χ3v) is 2.22. The van der Waals surface area contributed by atoms with Crippen molar-refractivity contribution in [2.24, 2.45) is 0 Å². The predicted octanol–water partition coefficient (Wildman–Crippen LogP) is 2.68. The summed E-state index contributed by atoms with van der Waals surface area (Å²) in [6, 6.07) is 6.04. The lowest BCUT2D eigenvalue weighted by Gasteiger charge is -1.94. The molecule has 1 aromatic heterocycles. The van der Waals surface area contributed by atoms with Crippen LogP contribution in [0.5, 0.6) is 0 Å². The number of hydrogen-bond donors (Lipinski definition) is 1. The monoisotopic (exact) mass is 173 g/mol. The number of aromatic nitrogens is 1. The zero-order valence-electron chi connectivity index (χ0n) is 7.72. The van der Waals surface area contributed by atoms with Crippen molar-refractivity contribution < 1.29 is 4.79 Å². The minimum absolute atomic E-state index is 0.107. The van der Waals surface area contributed by atoms with E-state index in [1.807, 2.05) is 25.1 Å². The fraction of sp³-hybridized carbons (Fsp3) is 0.182. The molecule has 2 nitrogen and oxygen atoms in total. The smallest absolute Gasteiger partial charge is 0.161 e. The zero-order valence-corrected chi connectivity index (χ0v) is 7.72. The molecule has 13 heavy (non-hydrogen) atoms. The first-order valence-corrected chi connectivity index (χ1v) is 4.27. The topological polar surface area (TPSA) is 32.9 Å². The van der Waals surface area contributed by atoms with Gasteiger partial charge in [-0.05, 0) is 25.5 Å². The van der Waals surface area contributed by atoms with E-state index in [0.717, 1.165) is 16.5 Å². The van der Waals surface area contributed by atoms with Crippen LogP contribution in [0, 0.1) is 6.92 Å². The van der Waals surface area contributed by atoms with Crippen LogP contribution in [-0.4, -0.2) is 10.8 Å². The Morgan fingerprint density at radius 1 is 1.38 bits per heavy atom. The van der Waals surface area contributed by atoms with Crippen LogP contribution in [0.15, 0.2) is 24.4 Å². The van der Waals surface area contributed by atoms with Gasteiger partial charge >= 0.3 is 0 Å². The second kappa shape index (κ2) is 2.73. The van der Waals surface area contributed by atoms with E-state index >= 15 is 0 Å². The molecule has 1 heterocycles. The number of nitrogens with one attached hydrogen (secondary N) is 1. The van der Waals surface area contributed by atoms with Crippen LogP contribution >= 0.6 is 0 Å². The van der Waals surface area contributed by atoms with Gasteiger partial charge in [-0.2, -0.15) is 0 Å². The van der Waals surface area contributed by atoms with E-state index < -0.39 is 0 Å². The summed E-state index contributed by atoms with van der Waals surface area (Å²) in [4.78, 5) is 14.3. The maximum atomic E-state index is 11.2. The fourth-order valence-corrected chi connectivity index (χ4v) is 1.53. The summed E-state index contributed by atoms with van der Waals surface area (Å²) in [5.41, 5.74) is 3.00. The Kier molecular flexibility index (Phi) is 1.69. The number of carbonyl (C=O) groups is 1. The molecule has 1 aromatic carbocycles. The van der Waals surface area contributed by atoms with Crippen molar-refractivity contribution in [3.63, 3.8) is 0 Å². The van der Waals surface area contributed by atoms with Crippen molar-refractivity contribution in [1.82, 2.24) is 4.98 Å². The van der Waals surface area contributed by atoms with E-state index in [2.05, 4.69) is 4.98 Å². The molecule has 0 atom stereocenters. The van der Waals surface area contributed by atoms with E-state index in [0.29, 0.717) is 0 Å². The molecular weight excluding hydrogens is 162 g/mol. The van der Waals surface area contributed by atoms with E-state index in [-0.39, 0.29) is 5.78 Å². The number of carbonyl (C=O) groups excluding carboxylic acids is 1. The van der Waals surface area contributed by atoms with Crippen LogP contribution in [0.3, 0.4) is 0 Å². The molecule has 0 aliphatic rings. The van der Waals surface area contributed by atoms with E-state index in [1.54, 1.807) is 13.1 Å². The molecule has 66 valence electrons. The minimum Gasteiger partial charge on any atom is -0.360 e. The molecular formula is C11H11NO. The molecule has 0 spiro atoms. The van der Waals surface area contributed by atoms with Gasteiger partial charge in [0.25, 0.3) is 0 Å². The van der Waals surface area contributed by atoms with Crippen LogP contribution in [-0.2, 0) is 0 Å². The Balaban J connectivity index is 2.76. The largest absolute Gasteiger partial charge is 0.360 e. The van der Waals surface area contributed by atoms with Crippen molar-refractivity contribution >= 4 is 16.7 Å². The molecule has 0 fully saturated rings. The molecule has 2 heteroatoms. The molecule has 0 saturated heterocycles. The van der Waals surface area contributed by atoms with E-state index in [1.165, 1.54) is 5.56 Å². The third-order valence-electron chi connectivity index (χ3n) is 2.22. The Labute approximate surface area is 76.6 Å². The lowest BCUT2D eigenvalue weighted by molar-refractivity contribution is 0.101. The summed E-state index contributed by atoms with van der Waals surface area (Å²) in [5, 5.41) is 1.01. The van der Waals surface area contributed by atoms with Crippen molar-refractivity contribution in [1.29, 1.82) is 0 Å². The number of aryl methyl sites for hydroxylation is 1. The van der Waals surface area contributed by atoms with Crippen LogP contribution in [0.25, 0.3) is 10.9 Å². The predicted molar refractivity (Wildman–Crippen MR) is 53.0 cm³/mol. The molecule has 2 rings (SSSR count). The van der Waals surface area contributed by atoms with Crippen LogP contribution in [0.4, 0.5) is 0 Å². The summed E-state index contributed by atoms with van der Waals surface area (Å²) < 4.78 is 0. The summed E-state index contributed by atoms with van der Waals surface area (Å²) in [7, 11) is 0. The first kappa shape index (κ1) is 8.05. The second-order valence-electron chi connectivity index (χ2n) is 3.31. The van der Waals surface area contributed by atoms with Crippen LogP contribution < -0.4 is 0 Å². The van der Waals surface area contributed by atoms with Crippen LogP contribution in [0.2, 0.25) is 0 Å². The normalized spacial score (nSPS) is 10.6. The number of aromatic amines is 1. The number of ketones is 1. The lowest BCUT2D eigenvalue weighted by atomic mass is 10.1. The molecule has 0 bridgehead atoms. The van der Waals surface area contributed by atoms with E-state index in [9.17, 15) is 4.79 Å². The van der Waals surface area contributed by atoms with Gasteiger partial charge in [0.05, 0.1) is 0 Å². The van der Waals surface area contributed by atoms with Gasteiger partial charge in [-0.15, -0.1) is 0 Å². The maximum absolute atomic E-state index is 11.2. The number of fused-ring (bicyclic) bond motifs is 1. The van der Waals surface area contributed by atoms with Gasteiger partial charge in [0, 0.05) is 22.7 Å². The number of rotatable bonds is 1. The Morgan fingerprint density at radius 2 is 2.15 bits per heavy atom. The van der Waals surface area contributed by atoms with Gasteiger partial charge in [0.1, 0.15) is 0 Å². The second-order valence-corrected chi connectivity index (χ2v) is 3.31. The van der Waals surface area contributed by atoms with Crippen molar-refractivity contribution in [2.75, 3.05) is 0 Å². The lowest BCUT2D eigenvalue weighted by Crippen LogP contribution is -1.88. The van der Waals surface area contributed by atoms with Crippen molar-refractivity contribution in [2.45, 2.75) is 13.8 Å². The summed E-state index contributed by atoms with van der Waals surface area (Å²) in [5.74, 6) is 0.107. The molecule has 2 aromatic rings. The third kappa shape index (κ3) is 1.24. The molecule has 0 radical (unpaired) electrons. The maximum Gasteiger partial charge on any atom is 0.161 e. The molecule has 0 unspecified atom stereocenters. The highest BCUT2D eigenvalue weighted by Gasteiger charge is 2.06. The molecule has 0 saturated carbocycles. The van der Waals surface area contributed by atoms with Crippen molar-refractivity contribution in [3.05, 3.63) is 35.5 Å². The number of benzene rings is 1. The van der Waals surface area contributed by atoms with Gasteiger partial charge < -0.3 is 4.98 Å². The number of Topliss-reactive ketones (excluding diaryl/α,β-unsaturated/α-hetero) is 1. The quantitative estimate of drug-likeness (QED) is 0.661.